The van der Waals surface area contributed by atoms with Gasteiger partial charge in [0.15, 0.2) is 0 Å². The van der Waals surface area contributed by atoms with Gasteiger partial charge in [0.25, 0.3) is 5.24 Å². The Bertz CT molecular complexity index is 785. The Morgan fingerprint density at radius 2 is 1.79 bits per heavy atom. The van der Waals surface area contributed by atoms with Crippen molar-refractivity contribution in [2.75, 3.05) is 6.54 Å². The number of alkyl halides is 3. The molecule has 1 aliphatic heterocycles. The van der Waals surface area contributed by atoms with Crippen molar-refractivity contribution in [1.29, 1.82) is 0 Å². The van der Waals surface area contributed by atoms with Crippen molar-refractivity contribution in [2.45, 2.75) is 6.36 Å². The van der Waals surface area contributed by atoms with Gasteiger partial charge >= 0.3 is 6.36 Å². The number of hydrogen-bond acceptors (Lipinski definition) is 3. The Balaban J connectivity index is 1.85. The van der Waals surface area contributed by atoms with Crippen molar-refractivity contribution < 1.29 is 22.7 Å². The van der Waals surface area contributed by atoms with Crippen LogP contribution in [-0.4, -0.2) is 18.1 Å². The second-order valence-electron chi connectivity index (χ2n) is 5.02. The zero-order valence-corrected chi connectivity index (χ0v) is 13.1. The maximum absolute atomic E-state index is 12.5. The van der Waals surface area contributed by atoms with Gasteiger partial charge < -0.3 is 10.1 Å². The summed E-state index contributed by atoms with van der Waals surface area (Å²) in [6.07, 6.45) is -2.87. The lowest BCUT2D eigenvalue weighted by molar-refractivity contribution is -0.274. The van der Waals surface area contributed by atoms with Crippen LogP contribution in [0, 0.1) is 0 Å². The number of para-hydroxylation sites is 1. The third kappa shape index (κ3) is 4.11. The van der Waals surface area contributed by atoms with Crippen molar-refractivity contribution in [2.24, 2.45) is 0 Å². The van der Waals surface area contributed by atoms with Crippen LogP contribution < -0.4 is 10.1 Å². The first kappa shape index (κ1) is 16.4. The van der Waals surface area contributed by atoms with E-state index in [1.165, 1.54) is 12.1 Å². The Kier molecular flexibility index (Phi) is 4.53. The summed E-state index contributed by atoms with van der Waals surface area (Å²) >= 11 is 1.14. The highest BCUT2D eigenvalue weighted by Crippen LogP contribution is 2.34. The second-order valence-corrected chi connectivity index (χ2v) is 6.12. The van der Waals surface area contributed by atoms with Crippen molar-refractivity contribution in [3.63, 3.8) is 0 Å². The van der Waals surface area contributed by atoms with Gasteiger partial charge in [-0.05, 0) is 35.0 Å². The Hall–Kier alpha value is -2.41. The maximum atomic E-state index is 12.5. The first-order valence-electron chi connectivity index (χ1n) is 7.02. The molecular weight excluding hydrogens is 339 g/mol. The van der Waals surface area contributed by atoms with Crippen LogP contribution in [0.5, 0.6) is 5.75 Å². The first-order chi connectivity index (χ1) is 11.4. The van der Waals surface area contributed by atoms with Gasteiger partial charge in [0.2, 0.25) is 0 Å². The minimum atomic E-state index is -4.74. The Morgan fingerprint density at radius 3 is 2.42 bits per heavy atom. The van der Waals surface area contributed by atoms with Crippen LogP contribution in [0.2, 0.25) is 0 Å². The molecule has 1 amide bonds. The number of rotatable bonds is 3. The summed E-state index contributed by atoms with van der Waals surface area (Å²) in [7, 11) is 0. The molecule has 1 heterocycles. The van der Waals surface area contributed by atoms with E-state index in [1.807, 2.05) is 6.08 Å². The van der Waals surface area contributed by atoms with Gasteiger partial charge in [-0.25, -0.2) is 0 Å². The van der Waals surface area contributed by atoms with E-state index in [0.29, 0.717) is 17.7 Å². The minimum Gasteiger partial charge on any atom is -0.405 e. The smallest absolute Gasteiger partial charge is 0.405 e. The average molecular weight is 351 g/mol. The second kappa shape index (κ2) is 6.60. The van der Waals surface area contributed by atoms with Crippen molar-refractivity contribution in [3.05, 3.63) is 59.0 Å². The molecule has 0 aliphatic carbocycles. The number of carbonyl (C=O) groups is 1. The normalized spacial score (nSPS) is 16.3. The number of halogens is 3. The zero-order chi connectivity index (χ0) is 17.2. The Morgan fingerprint density at radius 1 is 1.08 bits per heavy atom. The molecule has 1 fully saturated rings. The van der Waals surface area contributed by atoms with E-state index in [9.17, 15) is 18.0 Å². The first-order valence-corrected chi connectivity index (χ1v) is 7.84. The molecule has 1 aliphatic rings. The molecular formula is C17H12F3NO2S. The third-order valence-electron chi connectivity index (χ3n) is 3.29. The largest absolute Gasteiger partial charge is 0.573 e. The number of carbonyl (C=O) groups excluding carboxylic acids is 1. The number of nitrogens with one attached hydrogen (secondary N) is 1. The van der Waals surface area contributed by atoms with Gasteiger partial charge in [-0.2, -0.15) is 0 Å². The molecule has 0 radical (unpaired) electrons. The van der Waals surface area contributed by atoms with Gasteiger partial charge in [0.05, 0.1) is 6.54 Å². The number of benzene rings is 2. The molecule has 2 aromatic rings. The molecule has 0 saturated carbocycles. The third-order valence-corrected chi connectivity index (χ3v) is 4.15. The highest BCUT2D eigenvalue weighted by Gasteiger charge is 2.32. The molecule has 124 valence electrons. The van der Waals surface area contributed by atoms with E-state index in [0.717, 1.165) is 22.2 Å². The fourth-order valence-electron chi connectivity index (χ4n) is 2.29. The monoisotopic (exact) mass is 351 g/mol. The summed E-state index contributed by atoms with van der Waals surface area (Å²) in [5.74, 6) is -0.239. The quantitative estimate of drug-likeness (QED) is 0.841. The van der Waals surface area contributed by atoms with Gasteiger partial charge in [-0.3, -0.25) is 4.79 Å². The molecule has 0 unspecified atom stereocenters. The van der Waals surface area contributed by atoms with Crippen LogP contribution in [-0.2, 0) is 0 Å². The molecule has 1 N–H and O–H groups in total. The van der Waals surface area contributed by atoms with Gasteiger partial charge in [-0.15, -0.1) is 13.2 Å². The van der Waals surface area contributed by atoms with Crippen molar-refractivity contribution >= 4 is 23.1 Å². The van der Waals surface area contributed by atoms with Crippen LogP contribution in [0.25, 0.3) is 17.2 Å². The number of ether oxygens (including phenoxy) is 1. The molecule has 3 rings (SSSR count). The summed E-state index contributed by atoms with van der Waals surface area (Å²) in [6.45, 7) is 0.494. The van der Waals surface area contributed by atoms with E-state index >= 15 is 0 Å². The molecule has 0 spiro atoms. The van der Waals surface area contributed by atoms with Gasteiger partial charge in [0, 0.05) is 10.5 Å². The zero-order valence-electron chi connectivity index (χ0n) is 12.3. The topological polar surface area (TPSA) is 38.3 Å². The van der Waals surface area contributed by atoms with Crippen molar-refractivity contribution in [1.82, 2.24) is 5.32 Å². The van der Waals surface area contributed by atoms with Crippen LogP contribution in [0.3, 0.4) is 0 Å². The standard InChI is InChI=1S/C17H12F3NO2S/c18-17(19,20)23-15-4-2-1-3-14(15)12-7-5-11(6-8-12)9-13-10-21-16(22)24-13/h1-9H,10H2,(H,21,22)/b13-9+. The highest BCUT2D eigenvalue weighted by molar-refractivity contribution is 8.17. The van der Waals surface area contributed by atoms with Gasteiger partial charge in [0.1, 0.15) is 5.75 Å². The summed E-state index contributed by atoms with van der Waals surface area (Å²) < 4.78 is 41.6. The summed E-state index contributed by atoms with van der Waals surface area (Å²) in [5.41, 5.74) is 1.85. The molecule has 1 saturated heterocycles. The van der Waals surface area contributed by atoms with Gasteiger partial charge in [-0.1, -0.05) is 42.5 Å². The lowest BCUT2D eigenvalue weighted by Crippen LogP contribution is -2.17. The van der Waals surface area contributed by atoms with E-state index < -0.39 is 6.36 Å². The lowest BCUT2D eigenvalue weighted by atomic mass is 10.0. The lowest BCUT2D eigenvalue weighted by Gasteiger charge is -2.13. The molecule has 24 heavy (non-hydrogen) atoms. The maximum Gasteiger partial charge on any atom is 0.573 e. The van der Waals surface area contributed by atoms with Crippen LogP contribution >= 0.6 is 11.8 Å². The van der Waals surface area contributed by atoms with Crippen LogP contribution in [0.1, 0.15) is 5.56 Å². The highest BCUT2D eigenvalue weighted by atomic mass is 32.2. The summed E-state index contributed by atoms with van der Waals surface area (Å²) in [6, 6.07) is 13.0. The van der Waals surface area contributed by atoms with E-state index in [4.69, 9.17) is 0 Å². The number of amides is 1. The molecule has 7 heteroatoms. The number of hydrogen-bond donors (Lipinski definition) is 1. The fourth-order valence-corrected chi connectivity index (χ4v) is 3.02. The van der Waals surface area contributed by atoms with Crippen LogP contribution in [0.4, 0.5) is 18.0 Å². The summed E-state index contributed by atoms with van der Waals surface area (Å²) in [4.78, 5) is 12.0. The average Bonchev–Trinajstić information content (AvgIpc) is 2.92. The minimum absolute atomic E-state index is 0.0869. The predicted molar refractivity (Wildman–Crippen MR) is 87.5 cm³/mol. The molecule has 3 nitrogen and oxygen atoms in total. The van der Waals surface area contributed by atoms with Crippen molar-refractivity contribution in [3.8, 4) is 16.9 Å². The van der Waals surface area contributed by atoms with Crippen LogP contribution in [0.15, 0.2) is 53.4 Å². The molecule has 0 bridgehead atoms. The van der Waals surface area contributed by atoms with E-state index in [2.05, 4.69) is 10.1 Å². The summed E-state index contributed by atoms with van der Waals surface area (Å²) in [5, 5.41) is 2.60. The molecule has 2 aromatic carbocycles. The predicted octanol–water partition coefficient (Wildman–Crippen LogP) is 5.05. The number of thioether (sulfide) groups is 1. The molecule has 0 atom stereocenters. The SMILES string of the molecule is O=C1NC/C(=C\c2ccc(-c3ccccc3OC(F)(F)F)cc2)S1. The van der Waals surface area contributed by atoms with E-state index in [-0.39, 0.29) is 11.0 Å². The fraction of sp³-hybridized carbons (Fsp3) is 0.118. The van der Waals surface area contributed by atoms with E-state index in [1.54, 1.807) is 36.4 Å². The Labute approximate surface area is 140 Å². The molecule has 0 aromatic heterocycles.